The maximum Gasteiger partial charge on any atom is 2.00 e. The van der Waals surface area contributed by atoms with E-state index in [0.29, 0.717) is 0 Å². The minimum Gasteiger partial charge on any atom is -0.358 e. The fourth-order valence-electron chi connectivity index (χ4n) is 20.0. The van der Waals surface area contributed by atoms with Crippen LogP contribution in [0.15, 0.2) is 231 Å². The molecule has 0 radical (unpaired) electrons. The predicted octanol–water partition coefficient (Wildman–Crippen LogP) is 28.5. The second-order valence-corrected chi connectivity index (χ2v) is 39.8. The van der Waals surface area contributed by atoms with Crippen LogP contribution in [0.5, 0.6) is 0 Å². The molecule has 10 nitrogen and oxygen atoms in total. The molecule has 616 valence electrons. The van der Waals surface area contributed by atoms with Gasteiger partial charge in [-0.1, -0.05) is 307 Å². The number of para-hydroxylation sites is 2. The van der Waals surface area contributed by atoms with Crippen molar-refractivity contribution in [1.29, 1.82) is 0 Å². The molecule has 0 atom stereocenters. The first kappa shape index (κ1) is 83.2. The van der Waals surface area contributed by atoms with Crippen LogP contribution in [-0.2, 0) is 84.8 Å². The Labute approximate surface area is 747 Å². The number of fused-ring (bicyclic) bond motifs is 20. The molecule has 0 aliphatic carbocycles. The molecule has 0 saturated heterocycles. The minimum atomic E-state index is -0.228. The first-order chi connectivity index (χ1) is 56.1. The Hall–Kier alpha value is -11.0. The van der Waals surface area contributed by atoms with Crippen molar-refractivity contribution < 1.29 is 41.5 Å². The van der Waals surface area contributed by atoms with Crippen LogP contribution >= 0.6 is 0 Å². The van der Waals surface area contributed by atoms with E-state index in [1.54, 1.807) is 0 Å². The molecule has 0 spiro atoms. The van der Waals surface area contributed by atoms with E-state index in [-0.39, 0.29) is 99.7 Å². The molecule has 0 bridgehead atoms. The Balaban J connectivity index is 0.000000168. The van der Waals surface area contributed by atoms with Crippen molar-refractivity contribution >= 4 is 121 Å². The summed E-state index contributed by atoms with van der Waals surface area (Å²) in [6.07, 6.45) is 7.68. The Morgan fingerprint density at radius 2 is 0.475 bits per heavy atom. The average molecular weight is 1870 g/mol. The van der Waals surface area contributed by atoms with Crippen molar-refractivity contribution in [3.63, 3.8) is 0 Å². The monoisotopic (exact) mass is 1870 g/mol. The van der Waals surface area contributed by atoms with Crippen LogP contribution in [0, 0.1) is 24.3 Å². The third-order valence-corrected chi connectivity index (χ3v) is 26.9. The van der Waals surface area contributed by atoms with Gasteiger partial charge in [-0.25, -0.2) is 19.9 Å². The van der Waals surface area contributed by atoms with Gasteiger partial charge in [-0.15, -0.1) is 70.1 Å². The van der Waals surface area contributed by atoms with Crippen molar-refractivity contribution in [2.45, 2.75) is 197 Å². The number of anilines is 6. The van der Waals surface area contributed by atoms with Crippen LogP contribution < -0.4 is 9.80 Å². The van der Waals surface area contributed by atoms with Gasteiger partial charge in [-0.05, 0) is 136 Å². The average Bonchev–Trinajstić information content (AvgIpc) is 1.50. The summed E-state index contributed by atoms with van der Waals surface area (Å²) in [6.45, 7) is 46.4. The predicted molar refractivity (Wildman–Crippen MR) is 503 cm³/mol. The van der Waals surface area contributed by atoms with Crippen LogP contribution in [0.2, 0.25) is 0 Å². The molecule has 22 rings (SSSR count). The summed E-state index contributed by atoms with van der Waals surface area (Å²) in [4.78, 5) is 24.9. The summed E-state index contributed by atoms with van der Waals surface area (Å²) in [6, 6.07) is 92.0. The number of pyridine rings is 4. The number of hydrogen-bond acceptors (Lipinski definition) is 6. The molecule has 0 N–H and O–H groups in total. The summed E-state index contributed by atoms with van der Waals surface area (Å²) in [5.74, 6) is 3.89. The van der Waals surface area contributed by atoms with Crippen molar-refractivity contribution in [3.8, 4) is 23.3 Å². The van der Waals surface area contributed by atoms with Gasteiger partial charge >= 0.3 is 41.5 Å². The van der Waals surface area contributed by atoms with Crippen LogP contribution in [0.25, 0.3) is 110 Å². The van der Waals surface area contributed by atoms with Crippen LogP contribution in [-0.4, -0.2) is 38.2 Å². The van der Waals surface area contributed by atoms with Gasteiger partial charge < -0.3 is 28.1 Å². The first-order valence-electron chi connectivity index (χ1n) is 41.9. The van der Waals surface area contributed by atoms with Gasteiger partial charge in [0.1, 0.15) is 23.3 Å². The molecule has 122 heavy (non-hydrogen) atoms. The van der Waals surface area contributed by atoms with E-state index in [2.05, 4.69) is 397 Å². The number of aromatic nitrogens is 8. The van der Waals surface area contributed by atoms with E-state index < -0.39 is 0 Å². The number of nitrogens with zero attached hydrogens (tertiary/aromatic N) is 10. The zero-order chi connectivity index (χ0) is 81.9. The smallest absolute Gasteiger partial charge is 0.358 e. The molecule has 0 unspecified atom stereocenters. The fourth-order valence-corrected chi connectivity index (χ4v) is 20.0. The van der Waals surface area contributed by atoms with Crippen molar-refractivity contribution in [2.24, 2.45) is 0 Å². The fraction of sp³-hybridized carbons (Fsp3) is 0.273. The minimum absolute atomic E-state index is 0. The van der Waals surface area contributed by atoms with Gasteiger partial charge in [0, 0.05) is 102 Å². The van der Waals surface area contributed by atoms with Crippen LogP contribution in [0.1, 0.15) is 220 Å². The SMILES string of the molecule is C.C.CC(C)(C)c1cc2c3c(c1)c1ccc(N(c4[c-]c5c(cc4)c4cc(C(C)(C)C)cc6c4n5-c4ncccc4C6(C)C)c4ccccc4)[c-]c1n3-c1ncccc1C2(C)C.CC(C)(C)c1cc2c3c(c1)c1ccc(N(c4[c-]c5c(cc4)c4cc(C(C)(C)C)cc6c4n5-c4ncccc4C6(C)C)c4ccccc4)[c-]c1n3-c1ncccc1C2(C)C.[Pd+2].[Pt+2]. The molecule has 4 aliphatic heterocycles. The second-order valence-electron chi connectivity index (χ2n) is 39.8. The van der Waals surface area contributed by atoms with Gasteiger partial charge in [-0.3, -0.25) is 0 Å². The van der Waals surface area contributed by atoms with Gasteiger partial charge in [0.15, 0.2) is 0 Å². The van der Waals surface area contributed by atoms with Crippen molar-refractivity contribution in [2.75, 3.05) is 9.80 Å². The first-order valence-corrected chi connectivity index (χ1v) is 41.9. The van der Waals surface area contributed by atoms with Crippen LogP contribution in [0.4, 0.5) is 34.1 Å². The topological polar surface area (TPSA) is 77.8 Å². The largest absolute Gasteiger partial charge is 2.00 e. The number of rotatable bonds is 6. The molecule has 12 heteroatoms. The molecule has 8 aromatic heterocycles. The summed E-state index contributed by atoms with van der Waals surface area (Å²) in [5.41, 5.74) is 29.3. The summed E-state index contributed by atoms with van der Waals surface area (Å²) in [7, 11) is 0. The van der Waals surface area contributed by atoms with Crippen molar-refractivity contribution in [1.82, 2.24) is 38.2 Å². The second kappa shape index (κ2) is 28.2. The molecular weight excluding hydrogens is 1760 g/mol. The van der Waals surface area contributed by atoms with E-state index >= 15 is 0 Å². The summed E-state index contributed by atoms with van der Waals surface area (Å²) < 4.78 is 9.48. The maximum absolute atomic E-state index is 5.07. The summed E-state index contributed by atoms with van der Waals surface area (Å²) >= 11 is 0. The molecule has 0 amide bonds. The van der Waals surface area contributed by atoms with E-state index in [9.17, 15) is 0 Å². The molecule has 0 fully saturated rings. The molecule has 4 aliphatic rings. The standard InChI is InChI=1S/2C54H49N5.2CH4.Pd.Pt/c2*1-51(2,3)32-26-39-37-22-20-35(30-45(37)58-47(39)43(28-32)53(7,8)41-18-14-24-55-49(41)58)57(34-16-12-11-13-17-34)36-21-23-38-40-27-33(52(4,5)6)29-44-48(40)59(46(38)31-36)50-42(54(44,9)10)19-15-25-56-50;;;;/h2*11-29H,1-10H3;2*1H4;;/q2*-2;;;2*+2. The Bertz CT molecular complexity index is 6520. The van der Waals surface area contributed by atoms with E-state index in [1.807, 2.05) is 24.8 Å². The third kappa shape index (κ3) is 12.0. The Morgan fingerprint density at radius 1 is 0.262 bits per heavy atom. The van der Waals surface area contributed by atoms with Gasteiger partial charge in [-0.2, -0.15) is 24.3 Å². The van der Waals surface area contributed by atoms with E-state index in [0.717, 1.165) is 79.5 Å². The molecule has 12 heterocycles. The number of benzene rings is 10. The van der Waals surface area contributed by atoms with Crippen LogP contribution in [0.3, 0.4) is 0 Å². The van der Waals surface area contributed by atoms with Crippen molar-refractivity contribution in [3.05, 3.63) is 322 Å². The normalized spacial score (nSPS) is 14.7. The Kier molecular flexibility index (Phi) is 19.3. The molecule has 10 aromatic carbocycles. The Morgan fingerprint density at radius 3 is 0.680 bits per heavy atom. The van der Waals surface area contributed by atoms with Gasteiger partial charge in [0.2, 0.25) is 0 Å². The van der Waals surface area contributed by atoms with Gasteiger partial charge in [0.05, 0.1) is 0 Å². The molecule has 0 saturated carbocycles. The zero-order valence-electron chi connectivity index (χ0n) is 72.0. The zero-order valence-corrected chi connectivity index (χ0v) is 75.9. The quantitative estimate of drug-likeness (QED) is 0.122. The number of hydrogen-bond donors (Lipinski definition) is 0. The van der Waals surface area contributed by atoms with E-state index in [1.165, 1.54) is 132 Å². The summed E-state index contributed by atoms with van der Waals surface area (Å²) in [5, 5.41) is 9.67. The van der Waals surface area contributed by atoms with E-state index in [4.69, 9.17) is 19.9 Å². The van der Waals surface area contributed by atoms with Gasteiger partial charge in [0.25, 0.3) is 0 Å². The maximum atomic E-state index is 5.07. The third-order valence-electron chi connectivity index (χ3n) is 26.9. The molecular formula is C110H106N10PdPt. The molecule has 18 aromatic rings.